The lowest BCUT2D eigenvalue weighted by molar-refractivity contribution is -0.150. The monoisotopic (exact) mass is 337 g/mol. The van der Waals surface area contributed by atoms with Gasteiger partial charge in [-0.1, -0.05) is 55.5 Å². The molecule has 1 saturated heterocycles. The Morgan fingerprint density at radius 1 is 1.08 bits per heavy atom. The fraction of sp³-hybridized carbons (Fsp3) is 0.300. The van der Waals surface area contributed by atoms with Crippen molar-refractivity contribution in [3.63, 3.8) is 0 Å². The largest absolute Gasteiger partial charge is 0.480 e. The van der Waals surface area contributed by atoms with Gasteiger partial charge in [-0.05, 0) is 22.3 Å². The Bertz CT molecular complexity index is 802. The van der Waals surface area contributed by atoms with Gasteiger partial charge in [-0.3, -0.25) is 4.90 Å². The van der Waals surface area contributed by atoms with E-state index < -0.39 is 18.1 Å². The van der Waals surface area contributed by atoms with Gasteiger partial charge < -0.3 is 9.84 Å². The number of hydrogen-bond acceptors (Lipinski definition) is 3. The molecule has 1 fully saturated rings. The van der Waals surface area contributed by atoms with E-state index in [0.717, 1.165) is 11.1 Å². The van der Waals surface area contributed by atoms with E-state index in [1.807, 2.05) is 31.2 Å². The number of amides is 1. The third-order valence-corrected chi connectivity index (χ3v) is 5.18. The highest BCUT2D eigenvalue weighted by Crippen LogP contribution is 2.44. The van der Waals surface area contributed by atoms with Crippen molar-refractivity contribution in [2.75, 3.05) is 13.2 Å². The van der Waals surface area contributed by atoms with Gasteiger partial charge in [0.1, 0.15) is 12.6 Å². The highest BCUT2D eigenvalue weighted by molar-refractivity contribution is 5.83. The lowest BCUT2D eigenvalue weighted by atomic mass is 9.91. The fourth-order valence-electron chi connectivity index (χ4n) is 3.93. The molecule has 0 spiro atoms. The van der Waals surface area contributed by atoms with Crippen molar-refractivity contribution < 1.29 is 19.4 Å². The van der Waals surface area contributed by atoms with Crippen LogP contribution in [0.5, 0.6) is 0 Å². The number of rotatable bonds is 3. The topological polar surface area (TPSA) is 66.8 Å². The molecule has 1 heterocycles. The summed E-state index contributed by atoms with van der Waals surface area (Å²) in [5, 5.41) is 9.21. The van der Waals surface area contributed by atoms with Crippen molar-refractivity contribution in [1.29, 1.82) is 0 Å². The molecule has 5 nitrogen and oxygen atoms in total. The second-order valence-corrected chi connectivity index (χ2v) is 6.72. The second-order valence-electron chi connectivity index (χ2n) is 6.72. The minimum absolute atomic E-state index is 0.0154. The van der Waals surface area contributed by atoms with Gasteiger partial charge in [0.25, 0.3) is 0 Å². The van der Waals surface area contributed by atoms with Crippen LogP contribution in [-0.2, 0) is 9.53 Å². The van der Waals surface area contributed by atoms with Gasteiger partial charge in [-0.25, -0.2) is 9.59 Å². The first kappa shape index (κ1) is 15.7. The van der Waals surface area contributed by atoms with Gasteiger partial charge in [-0.2, -0.15) is 0 Å². The number of carboxylic acids is 1. The van der Waals surface area contributed by atoms with Crippen LogP contribution in [0.2, 0.25) is 0 Å². The van der Waals surface area contributed by atoms with E-state index >= 15 is 0 Å². The number of likely N-dealkylation sites (tertiary alicyclic amines) is 1. The molecule has 0 bridgehead atoms. The zero-order valence-corrected chi connectivity index (χ0v) is 13.9. The number of hydrogen-bond donors (Lipinski definition) is 1. The molecule has 0 saturated carbocycles. The summed E-state index contributed by atoms with van der Waals surface area (Å²) >= 11 is 0. The third-order valence-electron chi connectivity index (χ3n) is 5.18. The van der Waals surface area contributed by atoms with Gasteiger partial charge >= 0.3 is 12.1 Å². The fourth-order valence-corrected chi connectivity index (χ4v) is 3.93. The van der Waals surface area contributed by atoms with E-state index in [-0.39, 0.29) is 18.4 Å². The summed E-state index contributed by atoms with van der Waals surface area (Å²) in [6.45, 7) is 2.46. The van der Waals surface area contributed by atoms with E-state index in [9.17, 15) is 14.7 Å². The van der Waals surface area contributed by atoms with Gasteiger partial charge in [0.05, 0.1) is 0 Å². The maximum atomic E-state index is 12.3. The summed E-state index contributed by atoms with van der Waals surface area (Å²) in [7, 11) is 0. The smallest absolute Gasteiger partial charge is 0.410 e. The van der Waals surface area contributed by atoms with Crippen LogP contribution in [0.3, 0.4) is 0 Å². The molecule has 1 aliphatic heterocycles. The number of nitrogens with zero attached hydrogens (tertiary/aromatic N) is 1. The normalized spacial score (nSPS) is 21.2. The Hall–Kier alpha value is -2.82. The van der Waals surface area contributed by atoms with Crippen LogP contribution in [0.4, 0.5) is 4.79 Å². The second kappa shape index (κ2) is 5.92. The predicted molar refractivity (Wildman–Crippen MR) is 92.4 cm³/mol. The molecule has 5 heteroatoms. The zero-order valence-electron chi connectivity index (χ0n) is 13.9. The molecule has 1 aliphatic carbocycles. The number of benzene rings is 2. The van der Waals surface area contributed by atoms with Crippen molar-refractivity contribution in [3.05, 3.63) is 59.7 Å². The lowest BCUT2D eigenvalue weighted by Crippen LogP contribution is -2.61. The summed E-state index contributed by atoms with van der Waals surface area (Å²) in [6, 6.07) is 15.5. The molecular formula is C20H19NO4. The number of ether oxygens (including phenoxy) is 1. The highest BCUT2D eigenvalue weighted by atomic mass is 16.6. The Balaban J connectivity index is 1.52. The summed E-state index contributed by atoms with van der Waals surface area (Å²) in [5.41, 5.74) is 4.62. The molecule has 0 aromatic heterocycles. The molecule has 2 aromatic carbocycles. The molecule has 2 aromatic rings. The molecule has 1 amide bonds. The zero-order chi connectivity index (χ0) is 17.6. The minimum Gasteiger partial charge on any atom is -0.480 e. The van der Waals surface area contributed by atoms with Crippen LogP contribution in [0.15, 0.2) is 48.5 Å². The summed E-state index contributed by atoms with van der Waals surface area (Å²) in [6.07, 6.45) is -0.549. The van der Waals surface area contributed by atoms with E-state index in [1.54, 1.807) is 0 Å². The van der Waals surface area contributed by atoms with Crippen molar-refractivity contribution >= 4 is 12.1 Å². The average Bonchev–Trinajstić information content (AvgIpc) is 2.91. The van der Waals surface area contributed by atoms with E-state index in [2.05, 4.69) is 24.3 Å². The van der Waals surface area contributed by atoms with Crippen LogP contribution < -0.4 is 0 Å². The number of fused-ring (bicyclic) bond motifs is 3. The Labute approximate surface area is 145 Å². The molecule has 2 aliphatic rings. The van der Waals surface area contributed by atoms with Crippen molar-refractivity contribution in [2.24, 2.45) is 5.92 Å². The van der Waals surface area contributed by atoms with Crippen molar-refractivity contribution in [2.45, 2.75) is 18.9 Å². The van der Waals surface area contributed by atoms with Crippen LogP contribution in [0, 0.1) is 5.92 Å². The maximum Gasteiger partial charge on any atom is 0.410 e. The van der Waals surface area contributed by atoms with E-state index in [1.165, 1.54) is 16.0 Å². The third kappa shape index (κ3) is 2.47. The SMILES string of the molecule is C[C@H]1CN(C(=O)OCC2c3ccccc3-c3ccccc32)[C@@H]1C(=O)O. The number of carbonyl (C=O) groups excluding carboxylic acids is 1. The molecule has 25 heavy (non-hydrogen) atoms. The first-order valence-electron chi connectivity index (χ1n) is 8.42. The maximum absolute atomic E-state index is 12.3. The molecule has 0 unspecified atom stereocenters. The molecular weight excluding hydrogens is 318 g/mol. The minimum atomic E-state index is -0.979. The van der Waals surface area contributed by atoms with Gasteiger partial charge in [0.2, 0.25) is 0 Å². The summed E-state index contributed by atoms with van der Waals surface area (Å²) < 4.78 is 5.50. The highest BCUT2D eigenvalue weighted by Gasteiger charge is 2.45. The standard InChI is InChI=1S/C20H19NO4/c1-12-10-21(18(12)19(22)23)20(24)25-11-17-15-8-4-2-6-13(15)14-7-3-5-9-16(14)17/h2-9,12,17-18H,10-11H2,1H3,(H,22,23)/t12-,18-/m0/s1. The quantitative estimate of drug-likeness (QED) is 0.933. The molecule has 1 N–H and O–H groups in total. The van der Waals surface area contributed by atoms with Gasteiger partial charge in [-0.15, -0.1) is 0 Å². The van der Waals surface area contributed by atoms with Crippen LogP contribution in [0.25, 0.3) is 11.1 Å². The van der Waals surface area contributed by atoms with E-state index in [4.69, 9.17) is 4.74 Å². The lowest BCUT2D eigenvalue weighted by Gasteiger charge is -2.42. The Kier molecular flexibility index (Phi) is 3.71. The first-order valence-corrected chi connectivity index (χ1v) is 8.42. The van der Waals surface area contributed by atoms with E-state index in [0.29, 0.717) is 6.54 Å². The van der Waals surface area contributed by atoms with Gasteiger partial charge in [0.15, 0.2) is 0 Å². The first-order chi connectivity index (χ1) is 12.1. The number of carboxylic acid groups (broad SMARTS) is 1. The summed E-state index contributed by atoms with van der Waals surface area (Å²) in [4.78, 5) is 24.8. The van der Waals surface area contributed by atoms with Crippen molar-refractivity contribution in [1.82, 2.24) is 4.90 Å². The average molecular weight is 337 g/mol. The molecule has 2 atom stereocenters. The molecule has 0 radical (unpaired) electrons. The number of aliphatic carboxylic acids is 1. The van der Waals surface area contributed by atoms with Crippen molar-refractivity contribution in [3.8, 4) is 11.1 Å². The summed E-state index contributed by atoms with van der Waals surface area (Å²) in [5.74, 6) is -1.04. The predicted octanol–water partition coefficient (Wildman–Crippen LogP) is 3.34. The van der Waals surface area contributed by atoms with Crippen LogP contribution >= 0.6 is 0 Å². The number of carbonyl (C=O) groups is 2. The van der Waals surface area contributed by atoms with Gasteiger partial charge in [0, 0.05) is 18.4 Å². The van der Waals surface area contributed by atoms with Crippen LogP contribution in [0.1, 0.15) is 24.0 Å². The Morgan fingerprint density at radius 3 is 2.16 bits per heavy atom. The molecule has 4 rings (SSSR count). The van der Waals surface area contributed by atoms with Crippen LogP contribution in [-0.4, -0.2) is 41.3 Å². The molecule has 128 valence electrons. The Morgan fingerprint density at radius 2 is 1.64 bits per heavy atom.